The fourth-order valence-electron chi connectivity index (χ4n) is 1.35. The van der Waals surface area contributed by atoms with Crippen molar-refractivity contribution in [2.45, 2.75) is 0 Å². The summed E-state index contributed by atoms with van der Waals surface area (Å²) in [7, 11) is 0. The summed E-state index contributed by atoms with van der Waals surface area (Å²) in [6.45, 7) is -0.462. The Morgan fingerprint density at radius 2 is 2.33 bits per heavy atom. The van der Waals surface area contributed by atoms with Gasteiger partial charge in [-0.3, -0.25) is 4.79 Å². The van der Waals surface area contributed by atoms with E-state index >= 15 is 0 Å². The van der Waals surface area contributed by atoms with Gasteiger partial charge in [0.25, 0.3) is 0 Å². The van der Waals surface area contributed by atoms with Gasteiger partial charge in [-0.15, -0.1) is 0 Å². The predicted molar refractivity (Wildman–Crippen MR) is 49.4 cm³/mol. The van der Waals surface area contributed by atoms with Crippen LogP contribution in [-0.2, 0) is 4.79 Å². The summed E-state index contributed by atoms with van der Waals surface area (Å²) in [6.07, 6.45) is 0. The molecule has 0 aliphatic carbocycles. The van der Waals surface area contributed by atoms with E-state index in [1.165, 1.54) is 0 Å². The molecule has 0 atom stereocenters. The Hall–Kier alpha value is -2.04. The van der Waals surface area contributed by atoms with Gasteiger partial charge in [0.2, 0.25) is 5.78 Å². The highest BCUT2D eigenvalue weighted by Crippen LogP contribution is 2.35. The number of rotatable bonds is 3. The molecule has 0 amide bonds. The molecule has 0 radical (unpaired) electrons. The molecule has 0 fully saturated rings. The number of para-hydroxylation sites is 1. The third kappa shape index (κ3) is 1.76. The number of carbonyl (C=O) groups is 2. The average molecular weight is 208 g/mol. The van der Waals surface area contributed by atoms with Gasteiger partial charge in [0.15, 0.2) is 24.7 Å². The highest BCUT2D eigenvalue weighted by atomic mass is 16.5. The van der Waals surface area contributed by atoms with E-state index in [0.29, 0.717) is 17.1 Å². The van der Waals surface area contributed by atoms with Crippen molar-refractivity contribution in [1.82, 2.24) is 0 Å². The smallest absolute Gasteiger partial charge is 0.341 e. The van der Waals surface area contributed by atoms with Gasteiger partial charge in [0.1, 0.15) is 0 Å². The van der Waals surface area contributed by atoms with E-state index in [0.717, 1.165) is 0 Å². The summed E-state index contributed by atoms with van der Waals surface area (Å²) in [5.74, 6) is -0.563. The van der Waals surface area contributed by atoms with Crippen LogP contribution < -0.4 is 9.47 Å². The van der Waals surface area contributed by atoms with Crippen LogP contribution in [0.15, 0.2) is 18.2 Å². The molecule has 1 N–H and O–H groups in total. The molecule has 1 heterocycles. The lowest BCUT2D eigenvalue weighted by molar-refractivity contribution is -0.139. The lowest BCUT2D eigenvalue weighted by atomic mass is 10.1. The summed E-state index contributed by atoms with van der Waals surface area (Å²) in [6, 6.07) is 4.82. The van der Waals surface area contributed by atoms with Crippen LogP contribution in [0, 0.1) is 0 Å². The number of ether oxygens (including phenoxy) is 2. The first-order valence-electron chi connectivity index (χ1n) is 4.32. The van der Waals surface area contributed by atoms with E-state index in [2.05, 4.69) is 0 Å². The van der Waals surface area contributed by atoms with Crippen LogP contribution in [0.5, 0.6) is 11.5 Å². The number of hydrogen-bond donors (Lipinski definition) is 1. The number of carboxylic acids is 1. The molecule has 1 aromatic carbocycles. The minimum Gasteiger partial charge on any atom is -0.481 e. The number of carboxylic acid groups (broad SMARTS) is 1. The second-order valence-electron chi connectivity index (χ2n) is 3.03. The van der Waals surface area contributed by atoms with Gasteiger partial charge in [-0.25, -0.2) is 4.79 Å². The van der Waals surface area contributed by atoms with Crippen LogP contribution in [0.25, 0.3) is 0 Å². The number of benzene rings is 1. The summed E-state index contributed by atoms with van der Waals surface area (Å²) < 4.78 is 10.1. The van der Waals surface area contributed by atoms with Crippen molar-refractivity contribution in [3.63, 3.8) is 0 Å². The van der Waals surface area contributed by atoms with E-state index < -0.39 is 12.6 Å². The first-order valence-corrected chi connectivity index (χ1v) is 4.32. The Balaban J connectivity index is 2.26. The van der Waals surface area contributed by atoms with Crippen LogP contribution in [0.4, 0.5) is 0 Å². The molecule has 1 aromatic rings. The zero-order chi connectivity index (χ0) is 10.8. The molecule has 0 saturated heterocycles. The standard InChI is InChI=1S/C10H8O5/c11-7-4-15-10-6(7)2-1-3-8(10)14-5-9(12)13/h1-3H,4-5H2,(H,12,13). The summed E-state index contributed by atoms with van der Waals surface area (Å²) in [5, 5.41) is 8.44. The highest BCUT2D eigenvalue weighted by Gasteiger charge is 2.24. The molecule has 15 heavy (non-hydrogen) atoms. The molecular weight excluding hydrogens is 200 g/mol. The van der Waals surface area contributed by atoms with Gasteiger partial charge in [0, 0.05) is 0 Å². The zero-order valence-electron chi connectivity index (χ0n) is 7.73. The first-order chi connectivity index (χ1) is 7.18. The topological polar surface area (TPSA) is 72.8 Å². The molecule has 78 valence electrons. The summed E-state index contributed by atoms with van der Waals surface area (Å²) in [5.41, 5.74) is 0.442. The number of fused-ring (bicyclic) bond motifs is 1. The maximum Gasteiger partial charge on any atom is 0.341 e. The van der Waals surface area contributed by atoms with Gasteiger partial charge in [-0.1, -0.05) is 6.07 Å². The quantitative estimate of drug-likeness (QED) is 0.792. The summed E-state index contributed by atoms with van der Waals surface area (Å²) >= 11 is 0. The van der Waals surface area contributed by atoms with E-state index in [4.69, 9.17) is 14.6 Å². The van der Waals surface area contributed by atoms with Crippen molar-refractivity contribution in [3.05, 3.63) is 23.8 Å². The van der Waals surface area contributed by atoms with Gasteiger partial charge in [-0.2, -0.15) is 0 Å². The Kier molecular flexibility index (Phi) is 2.29. The third-order valence-electron chi connectivity index (χ3n) is 1.98. The number of Topliss-reactive ketones (excluding diaryl/α,β-unsaturated/α-hetero) is 1. The van der Waals surface area contributed by atoms with Gasteiger partial charge >= 0.3 is 5.97 Å². The fraction of sp³-hybridized carbons (Fsp3) is 0.200. The van der Waals surface area contributed by atoms with Crippen LogP contribution in [-0.4, -0.2) is 30.1 Å². The second-order valence-corrected chi connectivity index (χ2v) is 3.03. The van der Waals surface area contributed by atoms with E-state index in [1.54, 1.807) is 18.2 Å². The summed E-state index contributed by atoms with van der Waals surface area (Å²) in [4.78, 5) is 21.6. The maximum absolute atomic E-state index is 11.3. The van der Waals surface area contributed by atoms with Crippen molar-refractivity contribution in [2.75, 3.05) is 13.2 Å². The molecule has 1 aliphatic heterocycles. The number of ketones is 1. The minimum atomic E-state index is -1.07. The number of hydrogen-bond acceptors (Lipinski definition) is 4. The molecule has 5 heteroatoms. The fourth-order valence-corrected chi connectivity index (χ4v) is 1.35. The largest absolute Gasteiger partial charge is 0.481 e. The van der Waals surface area contributed by atoms with E-state index in [-0.39, 0.29) is 12.4 Å². The molecule has 5 nitrogen and oxygen atoms in total. The van der Waals surface area contributed by atoms with E-state index in [9.17, 15) is 9.59 Å². The number of carbonyl (C=O) groups excluding carboxylic acids is 1. The van der Waals surface area contributed by atoms with Crippen molar-refractivity contribution in [2.24, 2.45) is 0 Å². The van der Waals surface area contributed by atoms with Crippen molar-refractivity contribution in [3.8, 4) is 11.5 Å². The Bertz CT molecular complexity index is 424. The molecule has 0 spiro atoms. The SMILES string of the molecule is O=C(O)COc1cccc2c1OCC2=O. The van der Waals surface area contributed by atoms with Crippen molar-refractivity contribution in [1.29, 1.82) is 0 Å². The Morgan fingerprint density at radius 3 is 3.07 bits per heavy atom. The predicted octanol–water partition coefficient (Wildman–Crippen LogP) is 0.725. The normalized spacial score (nSPS) is 13.2. The molecule has 0 aromatic heterocycles. The van der Waals surface area contributed by atoms with Crippen LogP contribution in [0.1, 0.15) is 10.4 Å². The monoisotopic (exact) mass is 208 g/mol. The van der Waals surface area contributed by atoms with Gasteiger partial charge < -0.3 is 14.6 Å². The van der Waals surface area contributed by atoms with Crippen molar-refractivity contribution < 1.29 is 24.2 Å². The minimum absolute atomic E-state index is 0.0111. The van der Waals surface area contributed by atoms with Crippen LogP contribution in [0.2, 0.25) is 0 Å². The second kappa shape index (κ2) is 3.61. The highest BCUT2D eigenvalue weighted by molar-refractivity contribution is 6.03. The van der Waals surface area contributed by atoms with Gasteiger partial charge in [0.05, 0.1) is 5.56 Å². The van der Waals surface area contributed by atoms with Crippen molar-refractivity contribution >= 4 is 11.8 Å². The first kappa shape index (κ1) is 9.51. The molecule has 2 rings (SSSR count). The molecule has 0 saturated carbocycles. The number of aliphatic carboxylic acids is 1. The lowest BCUT2D eigenvalue weighted by Gasteiger charge is -2.06. The Morgan fingerprint density at radius 1 is 1.53 bits per heavy atom. The van der Waals surface area contributed by atoms with E-state index in [1.807, 2.05) is 0 Å². The molecule has 0 unspecified atom stereocenters. The zero-order valence-corrected chi connectivity index (χ0v) is 7.73. The van der Waals surface area contributed by atoms with Gasteiger partial charge in [-0.05, 0) is 12.1 Å². The third-order valence-corrected chi connectivity index (χ3v) is 1.98. The van der Waals surface area contributed by atoms with Crippen LogP contribution in [0.3, 0.4) is 0 Å². The molecule has 0 bridgehead atoms. The Labute approximate surface area is 85.2 Å². The average Bonchev–Trinajstić information content (AvgIpc) is 2.58. The molecular formula is C10H8O5. The lowest BCUT2D eigenvalue weighted by Crippen LogP contribution is -2.09. The molecule has 1 aliphatic rings. The maximum atomic E-state index is 11.3. The van der Waals surface area contributed by atoms with Crippen LogP contribution >= 0.6 is 0 Å².